The van der Waals surface area contributed by atoms with Crippen molar-refractivity contribution in [1.82, 2.24) is 9.88 Å². The Balaban J connectivity index is 1.59. The molecule has 5 heteroatoms. The van der Waals surface area contributed by atoms with Gasteiger partial charge in [0.05, 0.1) is 6.04 Å². The van der Waals surface area contributed by atoms with Gasteiger partial charge in [0.15, 0.2) is 12.4 Å². The van der Waals surface area contributed by atoms with Crippen LogP contribution in [-0.2, 0) is 11.3 Å². The van der Waals surface area contributed by atoms with Crippen LogP contribution in [0.1, 0.15) is 83.5 Å². The molecule has 0 saturated carbocycles. The van der Waals surface area contributed by atoms with Crippen molar-refractivity contribution in [2.24, 2.45) is 0 Å². The van der Waals surface area contributed by atoms with Crippen molar-refractivity contribution in [1.29, 1.82) is 0 Å². The Kier molecular flexibility index (Phi) is 8.05. The minimum Gasteiger partial charge on any atom is -0.483 e. The molecule has 0 fully saturated rings. The van der Waals surface area contributed by atoms with Crippen LogP contribution in [0.15, 0.2) is 60.7 Å². The van der Waals surface area contributed by atoms with Gasteiger partial charge >= 0.3 is 0 Å². The minimum atomic E-state index is -0.492. The maximum atomic E-state index is 13.2. The zero-order valence-corrected chi connectivity index (χ0v) is 23.5. The molecule has 4 rings (SSSR count). The summed E-state index contributed by atoms with van der Waals surface area (Å²) in [5, 5.41) is 4.25. The predicted octanol–water partition coefficient (Wildman–Crippen LogP) is 7.20. The molecule has 0 saturated heterocycles. The van der Waals surface area contributed by atoms with Crippen LogP contribution < -0.4 is 10.1 Å². The number of fused-ring (bicyclic) bond motifs is 1. The molecule has 3 aromatic carbocycles. The van der Waals surface area contributed by atoms with Crippen LogP contribution in [0.4, 0.5) is 0 Å². The Hall–Kier alpha value is -3.86. The molecular formula is C33H38N2O3. The first-order valence-corrected chi connectivity index (χ1v) is 13.3. The standard InChI is InChI=1S/C33H38N2O3/c1-20(2)26-9-8-10-27(15-26)24(6)34-33(37)28-12-14-32-31(17-28)23(5)25(7)35(32)18-29-16-30(13-11-21(29)3)38-22(4)19-36/h8-17,19-20,22,24H,18H2,1-7H3,(H,34,37)/t22-,24-/m0/s1. The van der Waals surface area contributed by atoms with E-state index in [1.165, 1.54) is 5.56 Å². The summed E-state index contributed by atoms with van der Waals surface area (Å²) in [5.74, 6) is 1.04. The van der Waals surface area contributed by atoms with E-state index in [0.717, 1.165) is 45.1 Å². The van der Waals surface area contributed by atoms with Gasteiger partial charge in [-0.2, -0.15) is 0 Å². The second-order valence-electron chi connectivity index (χ2n) is 10.6. The van der Waals surface area contributed by atoms with Gasteiger partial charge in [-0.1, -0.05) is 44.2 Å². The third-order valence-electron chi connectivity index (χ3n) is 7.49. The van der Waals surface area contributed by atoms with Gasteiger partial charge in [-0.05, 0) is 98.7 Å². The van der Waals surface area contributed by atoms with Gasteiger partial charge in [-0.15, -0.1) is 0 Å². The van der Waals surface area contributed by atoms with Crippen molar-refractivity contribution in [3.05, 3.63) is 99.7 Å². The van der Waals surface area contributed by atoms with Crippen LogP contribution in [0.2, 0.25) is 0 Å². The van der Waals surface area contributed by atoms with Crippen molar-refractivity contribution in [2.75, 3.05) is 0 Å². The lowest BCUT2D eigenvalue weighted by Crippen LogP contribution is -2.26. The summed E-state index contributed by atoms with van der Waals surface area (Å²) < 4.78 is 8.00. The fraction of sp³-hybridized carbons (Fsp3) is 0.333. The van der Waals surface area contributed by atoms with E-state index in [0.29, 0.717) is 23.8 Å². The minimum absolute atomic E-state index is 0.0795. The number of aromatic nitrogens is 1. The molecule has 0 aliphatic heterocycles. The molecule has 0 aliphatic carbocycles. The molecule has 38 heavy (non-hydrogen) atoms. The van der Waals surface area contributed by atoms with Gasteiger partial charge in [-0.3, -0.25) is 9.59 Å². The summed E-state index contributed by atoms with van der Waals surface area (Å²) in [6.07, 6.45) is 0.303. The SMILES string of the molecule is Cc1ccc(O[C@@H](C)C=O)cc1Cn1c(C)c(C)c2cc(C(=O)N[C@@H](C)c3cccc(C(C)C)c3)ccc21. The summed E-state index contributed by atoms with van der Waals surface area (Å²) in [6.45, 7) is 15.1. The second kappa shape index (κ2) is 11.3. The zero-order valence-electron chi connectivity index (χ0n) is 23.5. The lowest BCUT2D eigenvalue weighted by Gasteiger charge is -2.17. The van der Waals surface area contributed by atoms with E-state index >= 15 is 0 Å². The first-order chi connectivity index (χ1) is 18.1. The van der Waals surface area contributed by atoms with Crippen molar-refractivity contribution >= 4 is 23.1 Å². The molecule has 1 aromatic heterocycles. The van der Waals surface area contributed by atoms with E-state index in [4.69, 9.17) is 4.74 Å². The van der Waals surface area contributed by atoms with Crippen LogP contribution in [0.25, 0.3) is 10.9 Å². The molecular weight excluding hydrogens is 472 g/mol. The van der Waals surface area contributed by atoms with E-state index < -0.39 is 6.10 Å². The number of aryl methyl sites for hydroxylation is 2. The summed E-state index contributed by atoms with van der Waals surface area (Å²) in [7, 11) is 0. The molecule has 4 aromatic rings. The van der Waals surface area contributed by atoms with Gasteiger partial charge in [0.2, 0.25) is 0 Å². The largest absolute Gasteiger partial charge is 0.483 e. The number of benzene rings is 3. The van der Waals surface area contributed by atoms with E-state index in [1.807, 2.05) is 43.3 Å². The highest BCUT2D eigenvalue weighted by Crippen LogP contribution is 2.29. The molecule has 198 valence electrons. The van der Waals surface area contributed by atoms with Crippen LogP contribution in [0, 0.1) is 20.8 Å². The molecule has 5 nitrogen and oxygen atoms in total. The Bertz CT molecular complexity index is 1480. The highest BCUT2D eigenvalue weighted by Gasteiger charge is 2.17. The van der Waals surface area contributed by atoms with E-state index in [9.17, 15) is 9.59 Å². The topological polar surface area (TPSA) is 60.3 Å². The van der Waals surface area contributed by atoms with E-state index in [2.05, 4.69) is 68.8 Å². The molecule has 0 unspecified atom stereocenters. The molecule has 1 amide bonds. The van der Waals surface area contributed by atoms with Crippen LogP contribution >= 0.6 is 0 Å². The van der Waals surface area contributed by atoms with Gasteiger partial charge in [-0.25, -0.2) is 0 Å². The summed E-state index contributed by atoms with van der Waals surface area (Å²) in [6, 6.07) is 20.2. The number of ether oxygens (including phenoxy) is 1. The fourth-order valence-electron chi connectivity index (χ4n) is 4.85. The fourth-order valence-corrected chi connectivity index (χ4v) is 4.85. The van der Waals surface area contributed by atoms with Crippen molar-refractivity contribution < 1.29 is 14.3 Å². The lowest BCUT2D eigenvalue weighted by molar-refractivity contribution is -0.113. The molecule has 0 aliphatic rings. The number of carbonyl (C=O) groups is 2. The highest BCUT2D eigenvalue weighted by molar-refractivity contribution is 5.99. The van der Waals surface area contributed by atoms with Crippen LogP contribution in [0.3, 0.4) is 0 Å². The number of rotatable bonds is 9. The quantitative estimate of drug-likeness (QED) is 0.242. The number of aldehydes is 1. The normalized spacial score (nSPS) is 12.9. The highest BCUT2D eigenvalue weighted by atomic mass is 16.5. The van der Waals surface area contributed by atoms with Crippen LogP contribution in [0.5, 0.6) is 5.75 Å². The van der Waals surface area contributed by atoms with Gasteiger partial charge in [0.1, 0.15) is 5.75 Å². The summed E-state index contributed by atoms with van der Waals surface area (Å²) in [5.41, 5.74) is 8.70. The maximum absolute atomic E-state index is 13.2. The average molecular weight is 511 g/mol. The number of nitrogens with one attached hydrogen (secondary N) is 1. The first-order valence-electron chi connectivity index (χ1n) is 13.3. The van der Waals surface area contributed by atoms with Crippen molar-refractivity contribution in [2.45, 2.75) is 73.1 Å². The number of hydrogen-bond acceptors (Lipinski definition) is 3. The van der Waals surface area contributed by atoms with Crippen molar-refractivity contribution in [3.8, 4) is 5.75 Å². The monoisotopic (exact) mass is 510 g/mol. The third-order valence-corrected chi connectivity index (χ3v) is 7.49. The van der Waals surface area contributed by atoms with Gasteiger partial charge in [0, 0.05) is 28.7 Å². The Labute approximate surface area is 225 Å². The number of carbonyl (C=O) groups excluding carboxylic acids is 2. The summed E-state index contributed by atoms with van der Waals surface area (Å²) >= 11 is 0. The molecule has 2 atom stereocenters. The Morgan fingerprint density at radius 2 is 1.68 bits per heavy atom. The predicted molar refractivity (Wildman–Crippen MR) is 154 cm³/mol. The third kappa shape index (κ3) is 5.67. The van der Waals surface area contributed by atoms with Gasteiger partial charge < -0.3 is 14.6 Å². The number of nitrogens with zero attached hydrogens (tertiary/aromatic N) is 1. The Morgan fingerprint density at radius 3 is 2.39 bits per heavy atom. The smallest absolute Gasteiger partial charge is 0.251 e. The molecule has 1 heterocycles. The van der Waals surface area contributed by atoms with Crippen molar-refractivity contribution in [3.63, 3.8) is 0 Å². The number of amides is 1. The molecule has 0 bridgehead atoms. The van der Waals surface area contributed by atoms with E-state index in [-0.39, 0.29) is 11.9 Å². The number of hydrogen-bond donors (Lipinski definition) is 1. The second-order valence-corrected chi connectivity index (χ2v) is 10.6. The summed E-state index contributed by atoms with van der Waals surface area (Å²) in [4.78, 5) is 24.3. The lowest BCUT2D eigenvalue weighted by atomic mass is 9.98. The van der Waals surface area contributed by atoms with E-state index in [1.54, 1.807) is 6.92 Å². The zero-order chi connectivity index (χ0) is 27.6. The Morgan fingerprint density at radius 1 is 0.947 bits per heavy atom. The van der Waals surface area contributed by atoms with Gasteiger partial charge in [0.25, 0.3) is 5.91 Å². The van der Waals surface area contributed by atoms with Crippen LogP contribution in [-0.4, -0.2) is 22.9 Å². The maximum Gasteiger partial charge on any atom is 0.251 e. The molecule has 0 spiro atoms. The average Bonchev–Trinajstić information content (AvgIpc) is 3.14. The molecule has 1 N–H and O–H groups in total. The first kappa shape index (κ1) is 27.2. The molecule has 0 radical (unpaired) electrons.